The van der Waals surface area contributed by atoms with E-state index in [-0.39, 0.29) is 0 Å². The summed E-state index contributed by atoms with van der Waals surface area (Å²) in [6.07, 6.45) is -0.547. The second kappa shape index (κ2) is 5.76. The minimum absolute atomic E-state index is 0.547. The number of para-hydroxylation sites is 1. The van der Waals surface area contributed by atoms with E-state index in [2.05, 4.69) is 15.9 Å². The third-order valence-electron chi connectivity index (χ3n) is 3.01. The Labute approximate surface area is 122 Å². The normalized spacial score (nSPS) is 12.3. The molecule has 1 N–H and O–H groups in total. The van der Waals surface area contributed by atoms with Gasteiger partial charge in [-0.25, -0.2) is 0 Å². The monoisotopic (exact) mass is 320 g/mol. The molecule has 1 atom stereocenters. The number of halogens is 1. The molecular weight excluding hydrogens is 304 g/mol. The van der Waals surface area contributed by atoms with Crippen molar-refractivity contribution in [3.8, 4) is 11.5 Å². The summed E-state index contributed by atoms with van der Waals surface area (Å²) in [5, 5.41) is 9.75. The summed E-state index contributed by atoms with van der Waals surface area (Å²) in [6, 6.07) is 11.5. The van der Waals surface area contributed by atoms with Gasteiger partial charge in [0.2, 0.25) is 0 Å². The van der Waals surface area contributed by atoms with Crippen molar-refractivity contribution in [1.82, 2.24) is 0 Å². The molecule has 0 heterocycles. The van der Waals surface area contributed by atoms with Crippen LogP contribution in [-0.2, 0) is 0 Å². The molecule has 0 saturated carbocycles. The molecule has 0 aliphatic rings. The maximum atomic E-state index is 9.75. The zero-order valence-electron chi connectivity index (χ0n) is 11.3. The number of hydrogen-bond acceptors (Lipinski definition) is 2. The van der Waals surface area contributed by atoms with Gasteiger partial charge >= 0.3 is 0 Å². The Bertz CT molecular complexity index is 568. The van der Waals surface area contributed by atoms with Gasteiger partial charge in [-0.15, -0.1) is 0 Å². The van der Waals surface area contributed by atoms with Crippen LogP contribution < -0.4 is 4.74 Å². The minimum atomic E-state index is -0.547. The van der Waals surface area contributed by atoms with Gasteiger partial charge in [0.05, 0.1) is 6.10 Å². The molecule has 0 radical (unpaired) electrons. The Hall–Kier alpha value is -1.32. The Kier molecular flexibility index (Phi) is 4.27. The molecule has 3 heteroatoms. The molecule has 0 amide bonds. The number of ether oxygens (including phenoxy) is 1. The third-order valence-corrected chi connectivity index (χ3v) is 4.26. The van der Waals surface area contributed by atoms with Crippen LogP contribution in [0.25, 0.3) is 0 Å². The van der Waals surface area contributed by atoms with Crippen LogP contribution in [0, 0.1) is 13.8 Å². The van der Waals surface area contributed by atoms with E-state index in [9.17, 15) is 5.11 Å². The van der Waals surface area contributed by atoms with Gasteiger partial charge < -0.3 is 9.84 Å². The van der Waals surface area contributed by atoms with Crippen molar-refractivity contribution in [3.63, 3.8) is 0 Å². The molecular formula is C16H17BrO2. The summed E-state index contributed by atoms with van der Waals surface area (Å²) in [7, 11) is 0. The highest BCUT2D eigenvalue weighted by molar-refractivity contribution is 9.10. The zero-order chi connectivity index (χ0) is 14.0. The maximum Gasteiger partial charge on any atom is 0.133 e. The largest absolute Gasteiger partial charge is 0.457 e. The summed E-state index contributed by atoms with van der Waals surface area (Å²) < 4.78 is 7.01. The Morgan fingerprint density at radius 1 is 1.11 bits per heavy atom. The number of aliphatic hydroxyl groups excluding tert-OH is 1. The number of aliphatic hydroxyl groups is 1. The minimum Gasteiger partial charge on any atom is -0.457 e. The lowest BCUT2D eigenvalue weighted by molar-refractivity contribution is 0.195. The van der Waals surface area contributed by atoms with Gasteiger partial charge in [-0.05, 0) is 50.1 Å². The number of rotatable bonds is 3. The van der Waals surface area contributed by atoms with Gasteiger partial charge in [0.15, 0.2) is 0 Å². The number of aryl methyl sites for hydroxylation is 2. The first-order valence-electron chi connectivity index (χ1n) is 6.20. The van der Waals surface area contributed by atoms with Crippen molar-refractivity contribution in [2.45, 2.75) is 26.9 Å². The van der Waals surface area contributed by atoms with Crippen LogP contribution in [-0.4, -0.2) is 5.11 Å². The number of hydrogen-bond donors (Lipinski definition) is 1. The Morgan fingerprint density at radius 3 is 2.26 bits per heavy atom. The molecule has 100 valence electrons. The van der Waals surface area contributed by atoms with Crippen molar-refractivity contribution in [1.29, 1.82) is 0 Å². The molecule has 2 nitrogen and oxygen atoms in total. The highest BCUT2D eigenvalue weighted by Gasteiger charge is 2.10. The van der Waals surface area contributed by atoms with Gasteiger partial charge in [-0.2, -0.15) is 0 Å². The van der Waals surface area contributed by atoms with Crippen molar-refractivity contribution in [2.24, 2.45) is 0 Å². The van der Waals surface area contributed by atoms with Crippen LogP contribution in [0.1, 0.15) is 29.7 Å². The third kappa shape index (κ3) is 3.17. The lowest BCUT2D eigenvalue weighted by atomic mass is 10.1. The fourth-order valence-corrected chi connectivity index (χ4v) is 2.24. The van der Waals surface area contributed by atoms with Crippen LogP contribution in [0.2, 0.25) is 0 Å². The maximum absolute atomic E-state index is 9.75. The highest BCUT2D eigenvalue weighted by atomic mass is 79.9. The summed E-state index contributed by atoms with van der Waals surface area (Å²) in [5.74, 6) is 1.48. The second-order valence-electron chi connectivity index (χ2n) is 4.69. The van der Waals surface area contributed by atoms with Gasteiger partial charge in [0.25, 0.3) is 0 Å². The zero-order valence-corrected chi connectivity index (χ0v) is 12.9. The van der Waals surface area contributed by atoms with E-state index in [1.807, 2.05) is 50.2 Å². The average molecular weight is 321 g/mol. The molecule has 2 aromatic rings. The molecule has 2 rings (SSSR count). The molecule has 0 aliphatic heterocycles. The first-order valence-corrected chi connectivity index (χ1v) is 7.00. The fourth-order valence-electron chi connectivity index (χ4n) is 2.01. The molecule has 0 bridgehead atoms. The van der Waals surface area contributed by atoms with Crippen molar-refractivity contribution < 1.29 is 9.84 Å². The van der Waals surface area contributed by atoms with Crippen LogP contribution >= 0.6 is 15.9 Å². The van der Waals surface area contributed by atoms with E-state index in [0.717, 1.165) is 26.9 Å². The van der Waals surface area contributed by atoms with E-state index in [0.29, 0.717) is 5.75 Å². The predicted octanol–water partition coefficient (Wildman–Crippen LogP) is 4.91. The molecule has 0 aliphatic carbocycles. The Morgan fingerprint density at radius 2 is 1.68 bits per heavy atom. The summed E-state index contributed by atoms with van der Waals surface area (Å²) in [5.41, 5.74) is 3.05. The van der Waals surface area contributed by atoms with Gasteiger partial charge in [-0.3, -0.25) is 0 Å². The highest BCUT2D eigenvalue weighted by Crippen LogP contribution is 2.32. The van der Waals surface area contributed by atoms with Crippen molar-refractivity contribution in [2.75, 3.05) is 0 Å². The van der Waals surface area contributed by atoms with Gasteiger partial charge in [-0.1, -0.05) is 34.1 Å². The van der Waals surface area contributed by atoms with E-state index in [4.69, 9.17) is 4.74 Å². The summed E-state index contributed by atoms with van der Waals surface area (Å²) >= 11 is 3.54. The first kappa shape index (κ1) is 14.1. The lowest BCUT2D eigenvalue weighted by Gasteiger charge is -2.14. The van der Waals surface area contributed by atoms with Gasteiger partial charge in [0, 0.05) is 10.0 Å². The summed E-state index contributed by atoms with van der Waals surface area (Å²) in [4.78, 5) is 0. The molecule has 0 spiro atoms. The smallest absolute Gasteiger partial charge is 0.133 e. The quantitative estimate of drug-likeness (QED) is 0.870. The lowest BCUT2D eigenvalue weighted by Crippen LogP contribution is -1.96. The Balaban J connectivity index is 2.37. The molecule has 2 aromatic carbocycles. The molecule has 0 saturated heterocycles. The van der Waals surface area contributed by atoms with E-state index >= 15 is 0 Å². The van der Waals surface area contributed by atoms with Crippen molar-refractivity contribution >= 4 is 15.9 Å². The van der Waals surface area contributed by atoms with Gasteiger partial charge in [0.1, 0.15) is 11.5 Å². The van der Waals surface area contributed by atoms with E-state index in [1.54, 1.807) is 6.92 Å². The standard InChI is InChI=1S/C16H17BrO2/c1-10-8-13(9-11(2)16(10)17)19-15-7-5-4-6-14(15)12(3)18/h4-9,12,18H,1-3H3/t12-/m1/s1. The van der Waals surface area contributed by atoms with E-state index in [1.165, 1.54) is 0 Å². The molecule has 0 aromatic heterocycles. The average Bonchev–Trinajstić information content (AvgIpc) is 2.36. The van der Waals surface area contributed by atoms with E-state index < -0.39 is 6.10 Å². The molecule has 0 fully saturated rings. The SMILES string of the molecule is Cc1cc(Oc2ccccc2[C@@H](C)O)cc(C)c1Br. The van der Waals surface area contributed by atoms with Crippen LogP contribution in [0.3, 0.4) is 0 Å². The summed E-state index contributed by atoms with van der Waals surface area (Å²) in [6.45, 7) is 5.80. The van der Waals surface area contributed by atoms with Crippen LogP contribution in [0.4, 0.5) is 0 Å². The fraction of sp³-hybridized carbons (Fsp3) is 0.250. The topological polar surface area (TPSA) is 29.5 Å². The molecule has 0 unspecified atom stereocenters. The van der Waals surface area contributed by atoms with Crippen molar-refractivity contribution in [3.05, 3.63) is 57.6 Å². The van der Waals surface area contributed by atoms with Crippen LogP contribution in [0.5, 0.6) is 11.5 Å². The predicted molar refractivity (Wildman–Crippen MR) is 80.8 cm³/mol. The first-order chi connectivity index (χ1) is 8.99. The molecule has 19 heavy (non-hydrogen) atoms. The van der Waals surface area contributed by atoms with Crippen LogP contribution in [0.15, 0.2) is 40.9 Å². The second-order valence-corrected chi connectivity index (χ2v) is 5.48. The number of benzene rings is 2.